The Labute approximate surface area is 93.5 Å². The van der Waals surface area contributed by atoms with E-state index in [1.54, 1.807) is 13.0 Å². The maximum absolute atomic E-state index is 11.1. The van der Waals surface area contributed by atoms with E-state index in [9.17, 15) is 9.59 Å². The van der Waals surface area contributed by atoms with E-state index in [-0.39, 0.29) is 24.2 Å². The number of anilines is 2. The minimum atomic E-state index is -0.234. The zero-order valence-corrected chi connectivity index (χ0v) is 9.28. The molecule has 0 unspecified atom stereocenters. The molecular weight excluding hydrogens is 208 g/mol. The first-order valence-corrected chi connectivity index (χ1v) is 4.98. The molecule has 0 saturated heterocycles. The van der Waals surface area contributed by atoms with E-state index >= 15 is 0 Å². The highest BCUT2D eigenvalue weighted by Crippen LogP contribution is 2.05. The number of hydrogen-bond donors (Lipinski definition) is 2. The molecule has 0 radical (unpaired) electrons. The van der Waals surface area contributed by atoms with E-state index < -0.39 is 0 Å². The Morgan fingerprint density at radius 1 is 1.44 bits per heavy atom. The van der Waals surface area contributed by atoms with Crippen molar-refractivity contribution in [1.82, 2.24) is 9.97 Å². The van der Waals surface area contributed by atoms with Crippen molar-refractivity contribution in [2.75, 3.05) is 17.2 Å². The molecule has 0 saturated carbocycles. The first-order valence-electron chi connectivity index (χ1n) is 4.98. The van der Waals surface area contributed by atoms with E-state index in [2.05, 4.69) is 20.6 Å². The summed E-state index contributed by atoms with van der Waals surface area (Å²) >= 11 is 0. The highest BCUT2D eigenvalue weighted by atomic mass is 16.1. The van der Waals surface area contributed by atoms with Crippen LogP contribution in [0.2, 0.25) is 0 Å². The van der Waals surface area contributed by atoms with E-state index in [1.165, 1.54) is 13.1 Å². The molecule has 6 nitrogen and oxygen atoms in total. The lowest BCUT2D eigenvalue weighted by Crippen LogP contribution is -2.15. The zero-order valence-electron chi connectivity index (χ0n) is 9.28. The molecule has 0 fully saturated rings. The van der Waals surface area contributed by atoms with Crippen molar-refractivity contribution in [3.8, 4) is 0 Å². The van der Waals surface area contributed by atoms with Crippen LogP contribution >= 0.6 is 0 Å². The molecule has 1 aromatic rings. The van der Waals surface area contributed by atoms with Crippen molar-refractivity contribution in [3.63, 3.8) is 0 Å². The normalized spacial score (nSPS) is 9.62. The molecule has 1 amide bonds. The van der Waals surface area contributed by atoms with Gasteiger partial charge in [-0.25, -0.2) is 4.98 Å². The average Bonchev–Trinajstić information content (AvgIpc) is 2.25. The SMILES string of the molecule is CCC(=O)CNc1ccnc(NC(C)=O)n1. The molecule has 0 spiro atoms. The number of carbonyl (C=O) groups is 2. The van der Waals surface area contributed by atoms with Gasteiger partial charge >= 0.3 is 0 Å². The molecular formula is C10H14N4O2. The summed E-state index contributed by atoms with van der Waals surface area (Å²) in [5.41, 5.74) is 0. The highest BCUT2D eigenvalue weighted by Gasteiger charge is 2.02. The van der Waals surface area contributed by atoms with Gasteiger partial charge in [0.05, 0.1) is 6.54 Å². The van der Waals surface area contributed by atoms with E-state index in [0.29, 0.717) is 12.2 Å². The quantitative estimate of drug-likeness (QED) is 0.770. The summed E-state index contributed by atoms with van der Waals surface area (Å²) < 4.78 is 0. The van der Waals surface area contributed by atoms with Crippen LogP contribution in [0, 0.1) is 0 Å². The van der Waals surface area contributed by atoms with Crippen LogP contribution in [-0.4, -0.2) is 28.2 Å². The standard InChI is InChI=1S/C10H14N4O2/c1-3-8(16)6-12-9-4-5-11-10(14-9)13-7(2)15/h4-5H,3,6H2,1-2H3,(H2,11,12,13,14,15). The van der Waals surface area contributed by atoms with Gasteiger partial charge in [-0.1, -0.05) is 6.92 Å². The van der Waals surface area contributed by atoms with Crippen molar-refractivity contribution in [2.24, 2.45) is 0 Å². The van der Waals surface area contributed by atoms with Gasteiger partial charge in [-0.15, -0.1) is 0 Å². The molecule has 0 aromatic carbocycles. The van der Waals surface area contributed by atoms with Crippen LogP contribution in [-0.2, 0) is 9.59 Å². The van der Waals surface area contributed by atoms with Gasteiger partial charge in [0.25, 0.3) is 0 Å². The number of ketones is 1. The predicted octanol–water partition coefficient (Wildman–Crippen LogP) is 0.826. The first kappa shape index (κ1) is 12.1. The third-order valence-electron chi connectivity index (χ3n) is 1.80. The summed E-state index contributed by atoms with van der Waals surface area (Å²) in [6.07, 6.45) is 1.99. The van der Waals surface area contributed by atoms with Gasteiger partial charge in [-0.3, -0.25) is 14.9 Å². The van der Waals surface area contributed by atoms with Crippen molar-refractivity contribution in [1.29, 1.82) is 0 Å². The van der Waals surface area contributed by atoms with E-state index in [1.807, 2.05) is 0 Å². The molecule has 1 aromatic heterocycles. The van der Waals surface area contributed by atoms with Crippen LogP contribution in [0.15, 0.2) is 12.3 Å². The van der Waals surface area contributed by atoms with Crippen LogP contribution in [0.25, 0.3) is 0 Å². The largest absolute Gasteiger partial charge is 0.363 e. The van der Waals surface area contributed by atoms with Crippen LogP contribution in [0.4, 0.5) is 11.8 Å². The summed E-state index contributed by atoms with van der Waals surface area (Å²) in [4.78, 5) is 29.7. The molecule has 0 aliphatic heterocycles. The van der Waals surface area contributed by atoms with Gasteiger partial charge in [0, 0.05) is 19.5 Å². The van der Waals surface area contributed by atoms with Gasteiger partial charge in [0.1, 0.15) is 5.82 Å². The molecule has 0 aliphatic carbocycles. The molecule has 16 heavy (non-hydrogen) atoms. The Hall–Kier alpha value is -1.98. The van der Waals surface area contributed by atoms with E-state index in [4.69, 9.17) is 0 Å². The fourth-order valence-corrected chi connectivity index (χ4v) is 0.989. The summed E-state index contributed by atoms with van der Waals surface area (Å²) in [7, 11) is 0. The number of hydrogen-bond acceptors (Lipinski definition) is 5. The number of rotatable bonds is 5. The van der Waals surface area contributed by atoms with Crippen molar-refractivity contribution >= 4 is 23.5 Å². The van der Waals surface area contributed by atoms with Crippen LogP contribution in [0.3, 0.4) is 0 Å². The second-order valence-electron chi connectivity index (χ2n) is 3.19. The Bertz CT molecular complexity index is 392. The molecule has 1 rings (SSSR count). The fraction of sp³-hybridized carbons (Fsp3) is 0.400. The molecule has 86 valence electrons. The number of Topliss-reactive ketones (excluding diaryl/α,β-unsaturated/α-hetero) is 1. The van der Waals surface area contributed by atoms with Crippen molar-refractivity contribution < 1.29 is 9.59 Å². The monoisotopic (exact) mass is 222 g/mol. The molecule has 1 heterocycles. The van der Waals surface area contributed by atoms with E-state index in [0.717, 1.165) is 0 Å². The lowest BCUT2D eigenvalue weighted by molar-refractivity contribution is -0.117. The lowest BCUT2D eigenvalue weighted by atomic mass is 10.3. The van der Waals surface area contributed by atoms with Crippen molar-refractivity contribution in [3.05, 3.63) is 12.3 Å². The molecule has 0 atom stereocenters. The minimum absolute atomic E-state index is 0.0969. The molecule has 0 aliphatic rings. The van der Waals surface area contributed by atoms with Crippen LogP contribution in [0.5, 0.6) is 0 Å². The number of aromatic nitrogens is 2. The summed E-state index contributed by atoms with van der Waals surface area (Å²) in [5.74, 6) is 0.600. The lowest BCUT2D eigenvalue weighted by Gasteiger charge is -2.05. The first-order chi connectivity index (χ1) is 7.61. The predicted molar refractivity (Wildman–Crippen MR) is 60.1 cm³/mol. The summed E-state index contributed by atoms with van der Waals surface area (Å²) in [6.45, 7) is 3.41. The highest BCUT2D eigenvalue weighted by molar-refractivity contribution is 5.86. The molecule has 0 bridgehead atoms. The maximum atomic E-state index is 11.1. The number of nitrogens with zero attached hydrogens (tertiary/aromatic N) is 2. The van der Waals surface area contributed by atoms with Gasteiger partial charge in [0.2, 0.25) is 11.9 Å². The average molecular weight is 222 g/mol. The van der Waals surface area contributed by atoms with Crippen LogP contribution < -0.4 is 10.6 Å². The number of carbonyl (C=O) groups excluding carboxylic acids is 2. The van der Waals surface area contributed by atoms with Gasteiger partial charge < -0.3 is 5.32 Å². The Morgan fingerprint density at radius 3 is 2.81 bits per heavy atom. The Morgan fingerprint density at radius 2 is 2.19 bits per heavy atom. The summed E-state index contributed by atoms with van der Waals surface area (Å²) in [6, 6.07) is 1.63. The Kier molecular flexibility index (Phi) is 4.38. The fourth-order valence-electron chi connectivity index (χ4n) is 0.989. The summed E-state index contributed by atoms with van der Waals surface area (Å²) in [5, 5.41) is 5.32. The molecule has 2 N–H and O–H groups in total. The zero-order chi connectivity index (χ0) is 12.0. The maximum Gasteiger partial charge on any atom is 0.231 e. The smallest absolute Gasteiger partial charge is 0.231 e. The molecule has 6 heteroatoms. The second kappa shape index (κ2) is 5.79. The number of amides is 1. The topological polar surface area (TPSA) is 84.0 Å². The second-order valence-corrected chi connectivity index (χ2v) is 3.19. The third kappa shape index (κ3) is 4.04. The van der Waals surface area contributed by atoms with Crippen molar-refractivity contribution in [2.45, 2.75) is 20.3 Å². The van der Waals surface area contributed by atoms with Crippen LogP contribution in [0.1, 0.15) is 20.3 Å². The van der Waals surface area contributed by atoms with Gasteiger partial charge in [-0.2, -0.15) is 4.98 Å². The minimum Gasteiger partial charge on any atom is -0.363 e. The Balaban J connectivity index is 2.60. The third-order valence-corrected chi connectivity index (χ3v) is 1.80. The van der Waals surface area contributed by atoms with Gasteiger partial charge in [0.15, 0.2) is 5.78 Å². The number of nitrogens with one attached hydrogen (secondary N) is 2. The van der Waals surface area contributed by atoms with Gasteiger partial charge in [-0.05, 0) is 6.07 Å².